The molecule has 2 aliphatic rings. The zero-order chi connectivity index (χ0) is 28.9. The maximum Gasteiger partial charge on any atom is 0.262 e. The molecule has 0 spiro atoms. The Morgan fingerprint density at radius 2 is 1.95 bits per heavy atom. The molecule has 4 aromatic rings. The number of rotatable bonds is 5. The molecule has 11 heteroatoms. The van der Waals surface area contributed by atoms with Crippen LogP contribution in [-0.2, 0) is 15.1 Å². The number of anilines is 1. The molecule has 3 aromatic heterocycles. The quantitative estimate of drug-likeness (QED) is 0.211. The molecule has 0 radical (unpaired) electrons. The van der Waals surface area contributed by atoms with Crippen LogP contribution in [-0.4, -0.2) is 51.6 Å². The number of carbonyl (C=O) groups is 3. The van der Waals surface area contributed by atoms with Gasteiger partial charge < -0.3 is 27.4 Å². The zero-order valence-corrected chi connectivity index (χ0v) is 23.0. The average Bonchev–Trinajstić information content (AvgIpc) is 3.42. The van der Waals surface area contributed by atoms with Gasteiger partial charge in [0.15, 0.2) is 5.78 Å². The Kier molecular flexibility index (Phi) is 6.65. The van der Waals surface area contributed by atoms with Gasteiger partial charge in [-0.3, -0.25) is 24.4 Å². The van der Waals surface area contributed by atoms with Crippen LogP contribution in [0.2, 0.25) is 0 Å². The number of nitrogens with zero attached hydrogens (tertiary/aromatic N) is 3. The minimum Gasteiger partial charge on any atom is -0.398 e. The van der Waals surface area contributed by atoms with E-state index in [1.165, 1.54) is 17.4 Å². The van der Waals surface area contributed by atoms with Gasteiger partial charge in [0.05, 0.1) is 27.0 Å². The summed E-state index contributed by atoms with van der Waals surface area (Å²) in [5, 5.41) is 3.67. The zero-order valence-electron chi connectivity index (χ0n) is 22.2. The SMILES string of the molecule is C=CC(=O)N1CCCC(NC(=O)c2sc3c(N)ccc4c3c2C(N)C(=O)C4(N)c2ccnc(-c3ccccn3)c2)C1. The van der Waals surface area contributed by atoms with Crippen molar-refractivity contribution in [3.05, 3.63) is 89.1 Å². The van der Waals surface area contributed by atoms with Crippen molar-refractivity contribution in [2.75, 3.05) is 18.8 Å². The van der Waals surface area contributed by atoms with Crippen LogP contribution in [0.4, 0.5) is 5.69 Å². The number of hydrogen-bond donors (Lipinski definition) is 4. The first-order valence-electron chi connectivity index (χ1n) is 13.3. The first-order valence-corrected chi connectivity index (χ1v) is 14.1. The maximum absolute atomic E-state index is 14.1. The summed E-state index contributed by atoms with van der Waals surface area (Å²) >= 11 is 1.20. The number of aromatic nitrogens is 2. The summed E-state index contributed by atoms with van der Waals surface area (Å²) in [5.41, 5.74) is 21.5. The van der Waals surface area contributed by atoms with Crippen LogP contribution in [0.15, 0.2) is 67.5 Å². The van der Waals surface area contributed by atoms with Crippen LogP contribution in [0.3, 0.4) is 0 Å². The maximum atomic E-state index is 14.1. The van der Waals surface area contributed by atoms with E-state index in [4.69, 9.17) is 17.2 Å². The number of hydrogen-bond acceptors (Lipinski definition) is 9. The monoisotopic (exact) mass is 567 g/mol. The summed E-state index contributed by atoms with van der Waals surface area (Å²) in [6.07, 6.45) is 6.00. The van der Waals surface area contributed by atoms with E-state index in [2.05, 4.69) is 21.9 Å². The second-order valence-corrected chi connectivity index (χ2v) is 11.4. The van der Waals surface area contributed by atoms with Crippen LogP contribution in [0.1, 0.15) is 45.2 Å². The molecule has 1 fully saturated rings. The third-order valence-corrected chi connectivity index (χ3v) is 9.16. The molecule has 7 N–H and O–H groups in total. The van der Waals surface area contributed by atoms with Gasteiger partial charge in [0.2, 0.25) is 5.91 Å². The fourth-order valence-corrected chi connectivity index (χ4v) is 7.06. The van der Waals surface area contributed by atoms with Crippen molar-refractivity contribution in [1.82, 2.24) is 20.2 Å². The number of nitrogens with one attached hydrogen (secondary N) is 1. The fraction of sp³-hybridized carbons (Fsp3) is 0.233. The highest BCUT2D eigenvalue weighted by Gasteiger charge is 2.49. The van der Waals surface area contributed by atoms with Gasteiger partial charge in [-0.15, -0.1) is 11.3 Å². The molecule has 208 valence electrons. The Labute approximate surface area is 240 Å². The number of nitrogen functional groups attached to an aromatic ring is 1. The minimum absolute atomic E-state index is 0.174. The lowest BCUT2D eigenvalue weighted by molar-refractivity contribution is -0.127. The van der Waals surface area contributed by atoms with Crippen molar-refractivity contribution >= 4 is 44.7 Å². The summed E-state index contributed by atoms with van der Waals surface area (Å²) in [4.78, 5) is 50.7. The van der Waals surface area contributed by atoms with E-state index in [0.29, 0.717) is 61.8 Å². The molecule has 4 heterocycles. The highest BCUT2D eigenvalue weighted by atomic mass is 32.1. The molecule has 1 saturated heterocycles. The molecule has 41 heavy (non-hydrogen) atoms. The molecule has 3 atom stereocenters. The van der Waals surface area contributed by atoms with E-state index in [0.717, 1.165) is 12.8 Å². The second kappa shape index (κ2) is 10.2. The molecule has 1 aliphatic carbocycles. The number of nitrogens with two attached hydrogens (primary N) is 3. The molecule has 1 aromatic carbocycles. The molecule has 2 amide bonds. The van der Waals surface area contributed by atoms with Crippen molar-refractivity contribution in [3.63, 3.8) is 0 Å². The number of thiophene rings is 1. The Hall–Kier alpha value is -4.45. The van der Waals surface area contributed by atoms with Gasteiger partial charge in [0.1, 0.15) is 5.54 Å². The van der Waals surface area contributed by atoms with Gasteiger partial charge in [-0.05, 0) is 60.4 Å². The summed E-state index contributed by atoms with van der Waals surface area (Å²) in [5.74, 6) is -0.978. The molecule has 10 nitrogen and oxygen atoms in total. The van der Waals surface area contributed by atoms with Crippen LogP contribution < -0.4 is 22.5 Å². The molecular formula is C30H29N7O3S. The van der Waals surface area contributed by atoms with Gasteiger partial charge in [0.25, 0.3) is 5.91 Å². The third-order valence-electron chi connectivity index (χ3n) is 7.90. The number of pyridine rings is 2. The van der Waals surface area contributed by atoms with E-state index in [-0.39, 0.29) is 17.9 Å². The highest BCUT2D eigenvalue weighted by molar-refractivity contribution is 7.21. The first-order chi connectivity index (χ1) is 19.7. The molecule has 3 unspecified atom stereocenters. The number of carbonyl (C=O) groups excluding carboxylic acids is 3. The lowest BCUT2D eigenvalue weighted by atomic mass is 9.70. The number of likely N-dealkylation sites (tertiary alicyclic amines) is 1. The summed E-state index contributed by atoms with van der Waals surface area (Å²) < 4.78 is 0.645. The summed E-state index contributed by atoms with van der Waals surface area (Å²) in [7, 11) is 0. The predicted molar refractivity (Wildman–Crippen MR) is 158 cm³/mol. The van der Waals surface area contributed by atoms with Crippen molar-refractivity contribution in [1.29, 1.82) is 0 Å². The lowest BCUT2D eigenvalue weighted by Gasteiger charge is -2.36. The van der Waals surface area contributed by atoms with E-state index >= 15 is 0 Å². The number of ketones is 1. The average molecular weight is 568 g/mol. The van der Waals surface area contributed by atoms with Crippen LogP contribution in [0, 0.1) is 0 Å². The highest BCUT2D eigenvalue weighted by Crippen LogP contribution is 2.49. The Balaban J connectivity index is 1.43. The van der Waals surface area contributed by atoms with Gasteiger partial charge in [0, 0.05) is 48.2 Å². The topological polar surface area (TPSA) is 170 Å². The van der Waals surface area contributed by atoms with E-state index in [1.54, 1.807) is 41.6 Å². The van der Waals surface area contributed by atoms with Gasteiger partial charge >= 0.3 is 0 Å². The number of Topliss-reactive ketones (excluding diaryl/α,β-unsaturated/α-hetero) is 1. The Bertz CT molecular complexity index is 1720. The van der Waals surface area contributed by atoms with Gasteiger partial charge in [-0.25, -0.2) is 0 Å². The normalized spacial score (nSPS) is 22.0. The van der Waals surface area contributed by atoms with Crippen LogP contribution in [0.5, 0.6) is 0 Å². The van der Waals surface area contributed by atoms with Crippen molar-refractivity contribution in [2.24, 2.45) is 11.5 Å². The Morgan fingerprint density at radius 1 is 1.15 bits per heavy atom. The fourth-order valence-electron chi connectivity index (χ4n) is 5.85. The van der Waals surface area contributed by atoms with Crippen molar-refractivity contribution in [3.8, 4) is 11.4 Å². The van der Waals surface area contributed by atoms with Crippen molar-refractivity contribution in [2.45, 2.75) is 30.5 Å². The number of benzene rings is 1. The van der Waals surface area contributed by atoms with Crippen LogP contribution >= 0.6 is 11.3 Å². The predicted octanol–water partition coefficient (Wildman–Crippen LogP) is 2.63. The molecule has 0 saturated carbocycles. The largest absolute Gasteiger partial charge is 0.398 e. The molecular weight excluding hydrogens is 538 g/mol. The third kappa shape index (κ3) is 4.29. The van der Waals surface area contributed by atoms with Crippen LogP contribution in [0.25, 0.3) is 21.5 Å². The standard InChI is InChI=1S/C30H29N7O3S/c1-2-22(38)37-13-5-6-17(15-37)36-29(40)27-24-23-18(8-9-19(31)26(23)41-27)30(33,28(39)25(24)32)16-10-12-35-21(14-16)20-7-3-4-11-34-20/h2-4,7-12,14,17,25H,1,5-6,13,15,31-33H2,(H,36,40). The molecule has 6 rings (SSSR count). The molecule has 1 aliphatic heterocycles. The lowest BCUT2D eigenvalue weighted by Crippen LogP contribution is -2.53. The first kappa shape index (κ1) is 26.8. The second-order valence-electron chi connectivity index (χ2n) is 10.3. The molecule has 0 bridgehead atoms. The summed E-state index contributed by atoms with van der Waals surface area (Å²) in [6.45, 7) is 4.55. The number of piperidine rings is 1. The van der Waals surface area contributed by atoms with E-state index in [9.17, 15) is 14.4 Å². The van der Waals surface area contributed by atoms with Crippen molar-refractivity contribution < 1.29 is 14.4 Å². The van der Waals surface area contributed by atoms with E-state index in [1.807, 2.05) is 18.2 Å². The summed E-state index contributed by atoms with van der Waals surface area (Å²) in [6, 6.07) is 11.0. The van der Waals surface area contributed by atoms with Gasteiger partial charge in [-0.2, -0.15) is 0 Å². The Morgan fingerprint density at radius 3 is 2.71 bits per heavy atom. The minimum atomic E-state index is -1.60. The van der Waals surface area contributed by atoms with E-state index < -0.39 is 17.4 Å². The van der Waals surface area contributed by atoms with Gasteiger partial charge in [-0.1, -0.05) is 18.7 Å². The smallest absolute Gasteiger partial charge is 0.262 e. The number of amides is 2.